The van der Waals surface area contributed by atoms with Crippen molar-refractivity contribution in [1.82, 2.24) is 5.32 Å². The first kappa shape index (κ1) is 17.3. The minimum absolute atomic E-state index is 0. The first-order valence-corrected chi connectivity index (χ1v) is 6.70. The maximum absolute atomic E-state index is 6.14. The summed E-state index contributed by atoms with van der Waals surface area (Å²) >= 11 is 12.0. The van der Waals surface area contributed by atoms with Crippen LogP contribution in [0, 0.1) is 0 Å². The first-order chi connectivity index (χ1) is 9.20. The van der Waals surface area contributed by atoms with Crippen LogP contribution in [0.3, 0.4) is 0 Å². The molecule has 1 N–H and O–H groups in total. The van der Waals surface area contributed by atoms with Crippen molar-refractivity contribution in [3.63, 3.8) is 0 Å². The highest BCUT2D eigenvalue weighted by Gasteiger charge is 2.08. The van der Waals surface area contributed by atoms with Gasteiger partial charge in [-0.05, 0) is 30.3 Å². The normalized spacial score (nSPS) is 10.3. The minimum Gasteiger partial charge on any atom is -0.460 e. The Morgan fingerprint density at radius 2 is 2.00 bits per heavy atom. The molecule has 110 valence electrons. The van der Waals surface area contributed by atoms with Gasteiger partial charge in [0.05, 0.1) is 18.2 Å². The molecule has 0 unspecified atom stereocenters. The molecule has 0 radical (unpaired) electrons. The lowest BCUT2D eigenvalue weighted by Crippen LogP contribution is -2.18. The van der Waals surface area contributed by atoms with Crippen LogP contribution < -0.4 is 5.32 Å². The summed E-state index contributed by atoms with van der Waals surface area (Å²) in [6.45, 7) is 2.12. The second-order valence-corrected chi connectivity index (χ2v) is 4.90. The Hall–Kier alpha value is -0.710. The zero-order chi connectivity index (χ0) is 13.7. The predicted octanol–water partition coefficient (Wildman–Crippen LogP) is 4.41. The first-order valence-electron chi connectivity index (χ1n) is 5.94. The lowest BCUT2D eigenvalue weighted by Gasteiger charge is -2.03. The molecule has 0 atom stereocenters. The zero-order valence-corrected chi connectivity index (χ0v) is 13.3. The van der Waals surface area contributed by atoms with Crippen molar-refractivity contribution in [2.75, 3.05) is 20.3 Å². The van der Waals surface area contributed by atoms with Crippen molar-refractivity contribution in [1.29, 1.82) is 0 Å². The SMILES string of the molecule is COCCNCc1ccc(-c2ccc(Cl)cc2Cl)o1.Cl. The van der Waals surface area contributed by atoms with Gasteiger partial charge in [0.2, 0.25) is 0 Å². The summed E-state index contributed by atoms with van der Waals surface area (Å²) < 4.78 is 10.7. The number of furan rings is 1. The van der Waals surface area contributed by atoms with Crippen molar-refractivity contribution in [3.8, 4) is 11.3 Å². The Kier molecular flexibility index (Phi) is 7.41. The molecule has 20 heavy (non-hydrogen) atoms. The van der Waals surface area contributed by atoms with Crippen molar-refractivity contribution in [3.05, 3.63) is 46.1 Å². The maximum Gasteiger partial charge on any atom is 0.135 e. The van der Waals surface area contributed by atoms with Crippen LogP contribution in [0.1, 0.15) is 5.76 Å². The standard InChI is InChI=1S/C14H15Cl2NO2.ClH/c1-18-7-6-17-9-11-3-5-14(19-11)12-4-2-10(15)8-13(12)16;/h2-5,8,17H,6-7,9H2,1H3;1H. The van der Waals surface area contributed by atoms with Crippen molar-refractivity contribution in [2.45, 2.75) is 6.54 Å². The van der Waals surface area contributed by atoms with Crippen LogP contribution in [0.15, 0.2) is 34.7 Å². The fourth-order valence-electron chi connectivity index (χ4n) is 1.69. The third kappa shape index (κ3) is 4.69. The highest BCUT2D eigenvalue weighted by molar-refractivity contribution is 6.36. The molecule has 3 nitrogen and oxygen atoms in total. The van der Waals surface area contributed by atoms with E-state index in [2.05, 4.69) is 5.32 Å². The van der Waals surface area contributed by atoms with E-state index in [-0.39, 0.29) is 12.4 Å². The molecule has 0 amide bonds. The van der Waals surface area contributed by atoms with Gasteiger partial charge in [-0.15, -0.1) is 12.4 Å². The number of hydrogen-bond acceptors (Lipinski definition) is 3. The summed E-state index contributed by atoms with van der Waals surface area (Å²) in [4.78, 5) is 0. The fraction of sp³-hybridized carbons (Fsp3) is 0.286. The van der Waals surface area contributed by atoms with E-state index in [1.54, 1.807) is 19.2 Å². The average molecular weight is 337 g/mol. The van der Waals surface area contributed by atoms with E-state index < -0.39 is 0 Å². The van der Waals surface area contributed by atoms with E-state index in [0.717, 1.165) is 23.6 Å². The topological polar surface area (TPSA) is 34.4 Å². The molecule has 0 aliphatic heterocycles. The Bertz CT molecular complexity index is 543. The molecule has 0 aliphatic carbocycles. The molecule has 0 bridgehead atoms. The van der Waals surface area contributed by atoms with E-state index in [1.165, 1.54) is 0 Å². The van der Waals surface area contributed by atoms with Gasteiger partial charge in [-0.1, -0.05) is 23.2 Å². The van der Waals surface area contributed by atoms with Gasteiger partial charge < -0.3 is 14.5 Å². The summed E-state index contributed by atoms with van der Waals surface area (Å²) in [6.07, 6.45) is 0. The molecule has 2 aromatic rings. The number of benzene rings is 1. The highest BCUT2D eigenvalue weighted by atomic mass is 35.5. The molecule has 1 aromatic carbocycles. The number of nitrogens with one attached hydrogen (secondary N) is 1. The molecule has 6 heteroatoms. The van der Waals surface area contributed by atoms with Crippen LogP contribution in [0.25, 0.3) is 11.3 Å². The Morgan fingerprint density at radius 1 is 1.20 bits per heavy atom. The number of ether oxygens (including phenoxy) is 1. The summed E-state index contributed by atoms with van der Waals surface area (Å²) in [6, 6.07) is 9.19. The van der Waals surface area contributed by atoms with Crippen LogP contribution in [0.4, 0.5) is 0 Å². The Morgan fingerprint density at radius 3 is 2.70 bits per heavy atom. The third-order valence-electron chi connectivity index (χ3n) is 2.64. The Balaban J connectivity index is 0.00000200. The quantitative estimate of drug-likeness (QED) is 0.793. The summed E-state index contributed by atoms with van der Waals surface area (Å²) in [7, 11) is 1.68. The van der Waals surface area contributed by atoms with E-state index in [1.807, 2.05) is 18.2 Å². The molecular weight excluding hydrogens is 321 g/mol. The molecule has 0 saturated heterocycles. The van der Waals surface area contributed by atoms with Gasteiger partial charge in [-0.25, -0.2) is 0 Å². The molecule has 0 spiro atoms. The zero-order valence-electron chi connectivity index (χ0n) is 11.0. The molecule has 0 fully saturated rings. The largest absolute Gasteiger partial charge is 0.460 e. The van der Waals surface area contributed by atoms with E-state index in [9.17, 15) is 0 Å². The van der Waals surface area contributed by atoms with Crippen LogP contribution in [0.2, 0.25) is 10.0 Å². The second kappa shape index (κ2) is 8.55. The highest BCUT2D eigenvalue weighted by Crippen LogP contribution is 2.31. The molecular formula is C14H16Cl3NO2. The van der Waals surface area contributed by atoms with Crippen molar-refractivity contribution in [2.24, 2.45) is 0 Å². The lowest BCUT2D eigenvalue weighted by atomic mass is 10.2. The number of methoxy groups -OCH3 is 1. The Labute approximate surface area is 134 Å². The van der Waals surface area contributed by atoms with Crippen LogP contribution in [0.5, 0.6) is 0 Å². The van der Waals surface area contributed by atoms with Crippen molar-refractivity contribution < 1.29 is 9.15 Å². The van der Waals surface area contributed by atoms with Crippen LogP contribution in [-0.2, 0) is 11.3 Å². The third-order valence-corrected chi connectivity index (χ3v) is 3.19. The average Bonchev–Trinajstić information content (AvgIpc) is 2.83. The number of halogens is 3. The lowest BCUT2D eigenvalue weighted by molar-refractivity contribution is 0.198. The van der Waals surface area contributed by atoms with Gasteiger partial charge in [0.15, 0.2) is 0 Å². The maximum atomic E-state index is 6.14. The van der Waals surface area contributed by atoms with Gasteiger partial charge >= 0.3 is 0 Å². The van der Waals surface area contributed by atoms with Gasteiger partial charge in [0.25, 0.3) is 0 Å². The van der Waals surface area contributed by atoms with Gasteiger partial charge in [-0.3, -0.25) is 0 Å². The number of hydrogen-bond donors (Lipinski definition) is 1. The van der Waals surface area contributed by atoms with Gasteiger partial charge in [0.1, 0.15) is 11.5 Å². The van der Waals surface area contributed by atoms with Gasteiger partial charge in [-0.2, -0.15) is 0 Å². The molecule has 0 saturated carbocycles. The minimum atomic E-state index is 0. The smallest absolute Gasteiger partial charge is 0.135 e. The van der Waals surface area contributed by atoms with E-state index >= 15 is 0 Å². The number of rotatable bonds is 6. The monoisotopic (exact) mass is 335 g/mol. The molecule has 1 heterocycles. The summed E-state index contributed by atoms with van der Waals surface area (Å²) in [5.41, 5.74) is 0.842. The van der Waals surface area contributed by atoms with Crippen LogP contribution >= 0.6 is 35.6 Å². The van der Waals surface area contributed by atoms with E-state index in [0.29, 0.717) is 23.2 Å². The predicted molar refractivity (Wildman–Crippen MR) is 85.0 cm³/mol. The molecule has 2 rings (SSSR count). The second-order valence-electron chi connectivity index (χ2n) is 4.06. The summed E-state index contributed by atoms with van der Waals surface area (Å²) in [5, 5.41) is 4.42. The molecule has 1 aromatic heterocycles. The van der Waals surface area contributed by atoms with E-state index in [4.69, 9.17) is 32.4 Å². The molecule has 0 aliphatic rings. The summed E-state index contributed by atoms with van der Waals surface area (Å²) in [5.74, 6) is 1.60. The van der Waals surface area contributed by atoms with Crippen LogP contribution in [-0.4, -0.2) is 20.3 Å². The van der Waals surface area contributed by atoms with Crippen molar-refractivity contribution >= 4 is 35.6 Å². The van der Waals surface area contributed by atoms with Gasteiger partial charge in [0, 0.05) is 24.2 Å². The fourth-order valence-corrected chi connectivity index (χ4v) is 2.19.